The molecule has 3 aliphatic rings. The summed E-state index contributed by atoms with van der Waals surface area (Å²) in [5.41, 5.74) is 7.43. The van der Waals surface area contributed by atoms with Crippen molar-refractivity contribution in [2.75, 3.05) is 25.5 Å². The Labute approximate surface area is 307 Å². The van der Waals surface area contributed by atoms with Crippen LogP contribution in [0.3, 0.4) is 0 Å². The number of imide groups is 1. The highest BCUT2D eigenvalue weighted by molar-refractivity contribution is 7.14. The van der Waals surface area contributed by atoms with Gasteiger partial charge in [0.2, 0.25) is 17.7 Å². The fraction of sp³-hybridized carbons (Fsp3) is 0.385. The molecule has 3 aromatic heterocycles. The number of hydrogen-bond donors (Lipinski definition) is 2. The number of hydrogen-bond acceptors (Lipinski definition) is 10. The summed E-state index contributed by atoms with van der Waals surface area (Å²) in [6.45, 7) is 12.9. The van der Waals surface area contributed by atoms with Crippen LogP contribution in [0.5, 0.6) is 0 Å². The van der Waals surface area contributed by atoms with Gasteiger partial charge < -0.3 is 10.2 Å². The molecule has 1 atom stereocenters. The van der Waals surface area contributed by atoms with Gasteiger partial charge in [0.25, 0.3) is 0 Å². The molecule has 0 radical (unpaired) electrons. The minimum atomic E-state index is -0.407. The van der Waals surface area contributed by atoms with Gasteiger partial charge >= 0.3 is 0 Å². The van der Waals surface area contributed by atoms with Crippen molar-refractivity contribution in [1.82, 2.24) is 30.1 Å². The van der Waals surface area contributed by atoms with Gasteiger partial charge in [-0.2, -0.15) is 10.4 Å². The van der Waals surface area contributed by atoms with E-state index >= 15 is 0 Å². The Balaban J connectivity index is 1.07. The van der Waals surface area contributed by atoms with Crippen molar-refractivity contribution >= 4 is 47.5 Å². The lowest BCUT2D eigenvalue weighted by molar-refractivity contribution is -0.137. The Bertz CT molecular complexity index is 2060. The zero-order chi connectivity index (χ0) is 36.9. The summed E-state index contributed by atoms with van der Waals surface area (Å²) in [5, 5.41) is 29.9. The number of nitrogens with zero attached hydrogens (tertiary/aromatic N) is 7. The molecule has 52 heavy (non-hydrogen) atoms. The van der Waals surface area contributed by atoms with Crippen LogP contribution in [0, 0.1) is 23.2 Å². The highest BCUT2D eigenvalue weighted by Crippen LogP contribution is 2.41. The molecule has 12 nitrogen and oxygen atoms in total. The fourth-order valence-corrected chi connectivity index (χ4v) is 8.16. The van der Waals surface area contributed by atoms with E-state index in [2.05, 4.69) is 52.2 Å². The van der Waals surface area contributed by atoms with Gasteiger partial charge in [0.1, 0.15) is 5.01 Å². The molecule has 1 saturated carbocycles. The van der Waals surface area contributed by atoms with Crippen molar-refractivity contribution in [3.63, 3.8) is 0 Å². The van der Waals surface area contributed by atoms with Crippen LogP contribution in [0.1, 0.15) is 75.4 Å². The van der Waals surface area contributed by atoms with Crippen LogP contribution in [0.25, 0.3) is 28.0 Å². The molecule has 0 bridgehead atoms. The molecule has 0 spiro atoms. The van der Waals surface area contributed by atoms with Gasteiger partial charge in [-0.3, -0.25) is 24.7 Å². The largest absolute Gasteiger partial charge is 0.387 e. The molecular formula is C39H43N9O3S. The van der Waals surface area contributed by atoms with Crippen molar-refractivity contribution in [1.29, 1.82) is 5.26 Å². The van der Waals surface area contributed by atoms with E-state index in [-0.39, 0.29) is 29.6 Å². The van der Waals surface area contributed by atoms with Crippen LogP contribution < -0.4 is 10.6 Å². The van der Waals surface area contributed by atoms with Crippen molar-refractivity contribution in [3.05, 3.63) is 76.1 Å². The summed E-state index contributed by atoms with van der Waals surface area (Å²) in [5.74, 6) is -0.528. The fourth-order valence-electron chi connectivity index (χ4n) is 7.12. The topological polar surface area (TPSA) is 158 Å². The number of carbonyl (C=O) groups is 3. The zero-order valence-corrected chi connectivity index (χ0v) is 30.6. The van der Waals surface area contributed by atoms with Crippen molar-refractivity contribution in [2.45, 2.75) is 64.7 Å². The van der Waals surface area contributed by atoms with Crippen molar-refractivity contribution in [2.24, 2.45) is 16.9 Å². The molecule has 2 aliphatic heterocycles. The number of carbonyl (C=O) groups excluding carboxylic acids is 3. The number of rotatable bonds is 10. The van der Waals surface area contributed by atoms with E-state index in [0.29, 0.717) is 42.8 Å². The highest BCUT2D eigenvalue weighted by Gasteiger charge is 2.33. The number of aromatic nitrogens is 4. The van der Waals surface area contributed by atoms with Gasteiger partial charge in [-0.25, -0.2) is 4.68 Å². The van der Waals surface area contributed by atoms with E-state index in [1.807, 2.05) is 42.3 Å². The zero-order valence-electron chi connectivity index (χ0n) is 29.8. The summed E-state index contributed by atoms with van der Waals surface area (Å²) in [6, 6.07) is 7.86. The van der Waals surface area contributed by atoms with Gasteiger partial charge in [0.15, 0.2) is 5.01 Å². The molecule has 2 fully saturated rings. The third kappa shape index (κ3) is 7.72. The number of amides is 3. The quantitative estimate of drug-likeness (QED) is 0.104. The first-order valence-corrected chi connectivity index (χ1v) is 18.4. The SMILES string of the molecule is C=Nn1c(/C=C(\C)C#N)ccc1-c1cc(NC)c(-c2nnc(C3CCC(C(=O)N4CCC(C)=C(/C=C\C(=C)[C@H]5CCC(=O)NC5=O)C4)CC3)s2)cn1. The van der Waals surface area contributed by atoms with E-state index in [9.17, 15) is 19.6 Å². The maximum Gasteiger partial charge on any atom is 0.234 e. The normalized spacial score (nSPS) is 21.2. The predicted molar refractivity (Wildman–Crippen MR) is 203 cm³/mol. The Morgan fingerprint density at radius 1 is 1.17 bits per heavy atom. The van der Waals surface area contributed by atoms with Crippen LogP contribution in [0.4, 0.5) is 5.69 Å². The summed E-state index contributed by atoms with van der Waals surface area (Å²) in [7, 11) is 1.86. The molecule has 1 saturated heterocycles. The molecular weight excluding hydrogens is 675 g/mol. The minimum Gasteiger partial charge on any atom is -0.387 e. The van der Waals surface area contributed by atoms with Crippen LogP contribution >= 0.6 is 11.3 Å². The second-order valence-corrected chi connectivity index (χ2v) is 14.6. The third-order valence-electron chi connectivity index (χ3n) is 10.3. The molecule has 3 amide bonds. The van der Waals surface area contributed by atoms with Gasteiger partial charge in [0, 0.05) is 62.6 Å². The molecule has 6 rings (SSSR count). The lowest BCUT2D eigenvalue weighted by atomic mass is 9.81. The number of anilines is 1. The predicted octanol–water partition coefficient (Wildman–Crippen LogP) is 6.49. The average molecular weight is 718 g/mol. The van der Waals surface area contributed by atoms with Crippen LogP contribution in [0.2, 0.25) is 0 Å². The second-order valence-electron chi connectivity index (χ2n) is 13.6. The molecule has 1 aliphatic carbocycles. The van der Waals surface area contributed by atoms with Crippen molar-refractivity contribution in [3.8, 4) is 28.0 Å². The number of nitriles is 1. The van der Waals surface area contributed by atoms with Gasteiger partial charge in [0.05, 0.1) is 34.6 Å². The van der Waals surface area contributed by atoms with Gasteiger partial charge in [-0.05, 0) is 87.8 Å². The number of nitrogens with one attached hydrogen (secondary N) is 2. The minimum absolute atomic E-state index is 0.0258. The first kappa shape index (κ1) is 36.3. The molecule has 3 aromatic rings. The third-order valence-corrected chi connectivity index (χ3v) is 11.4. The number of allylic oxidation sites excluding steroid dienone is 2. The molecule has 2 N–H and O–H groups in total. The Morgan fingerprint density at radius 3 is 2.67 bits per heavy atom. The van der Waals surface area contributed by atoms with Crippen LogP contribution in [0.15, 0.2) is 70.5 Å². The Kier molecular flexibility index (Phi) is 11.0. The lowest BCUT2D eigenvalue weighted by Gasteiger charge is -2.34. The second kappa shape index (κ2) is 15.8. The van der Waals surface area contributed by atoms with Crippen molar-refractivity contribution < 1.29 is 14.4 Å². The molecule has 0 unspecified atom stereocenters. The maximum atomic E-state index is 13.7. The molecule has 13 heteroatoms. The first-order valence-electron chi connectivity index (χ1n) is 17.6. The maximum absolute atomic E-state index is 13.7. The molecule has 0 aromatic carbocycles. The number of piperidine rings is 1. The first-order chi connectivity index (χ1) is 25.1. The van der Waals surface area contributed by atoms with E-state index in [1.165, 1.54) is 5.57 Å². The van der Waals surface area contributed by atoms with E-state index in [0.717, 1.165) is 70.3 Å². The summed E-state index contributed by atoms with van der Waals surface area (Å²) in [6.07, 6.45) is 12.3. The monoisotopic (exact) mass is 717 g/mol. The number of pyridine rings is 1. The summed E-state index contributed by atoms with van der Waals surface area (Å²) < 4.78 is 1.66. The van der Waals surface area contributed by atoms with Gasteiger partial charge in [-0.15, -0.1) is 10.2 Å². The molecule has 268 valence electrons. The van der Waals surface area contributed by atoms with E-state index in [1.54, 1.807) is 35.2 Å². The highest BCUT2D eigenvalue weighted by atomic mass is 32.1. The van der Waals surface area contributed by atoms with Crippen LogP contribution in [-0.2, 0) is 14.4 Å². The Hall–Kier alpha value is -5.48. The van der Waals surface area contributed by atoms with E-state index in [4.69, 9.17) is 4.98 Å². The lowest BCUT2D eigenvalue weighted by Crippen LogP contribution is -2.41. The average Bonchev–Trinajstić information content (AvgIpc) is 3.81. The van der Waals surface area contributed by atoms with Crippen LogP contribution in [-0.4, -0.2) is 69.3 Å². The summed E-state index contributed by atoms with van der Waals surface area (Å²) in [4.78, 5) is 44.2. The van der Waals surface area contributed by atoms with E-state index < -0.39 is 5.92 Å². The smallest absolute Gasteiger partial charge is 0.234 e. The molecule has 5 heterocycles. The van der Waals surface area contributed by atoms with Gasteiger partial charge in [-0.1, -0.05) is 35.6 Å². The summed E-state index contributed by atoms with van der Waals surface area (Å²) >= 11 is 1.57. The Morgan fingerprint density at radius 2 is 1.96 bits per heavy atom. The standard InChI is InChI=1S/C39H43N9O3S/c1-23(20-40)18-29-12-14-34(48(29)42-5)33-19-32(41-4)31(21-43-33)38-46-45-37(52-38)26-8-10-27(11-9-26)39(51)47-17-16-24(2)28(22-47)7-6-25(3)30-13-15-35(49)44-36(30)50/h6-7,12,14,18-19,21,26-27,30H,3,5,8-11,13,15-17,22H2,1-2,4H3,(H,41,43)(H,44,49,50)/b7-6-,23-18+/t26?,27?,30-/m1/s1.